The Kier molecular flexibility index (Phi) is 9.23. The van der Waals surface area contributed by atoms with Crippen molar-refractivity contribution in [2.24, 2.45) is 0 Å². The summed E-state index contributed by atoms with van der Waals surface area (Å²) in [5.41, 5.74) is 7.67. The van der Waals surface area contributed by atoms with Crippen LogP contribution < -0.4 is 9.80 Å². The molecule has 50 heavy (non-hydrogen) atoms. The van der Waals surface area contributed by atoms with Gasteiger partial charge in [0.1, 0.15) is 0 Å². The number of aryl methyl sites for hydroxylation is 4. The van der Waals surface area contributed by atoms with Crippen LogP contribution in [0.25, 0.3) is 11.1 Å². The lowest BCUT2D eigenvalue weighted by Crippen LogP contribution is -2.13. The Labute approximate surface area is 287 Å². The molecule has 0 aliphatic carbocycles. The van der Waals surface area contributed by atoms with E-state index in [-0.39, 0.29) is 0 Å². The minimum absolute atomic E-state index is 0.380. The molecule has 0 saturated carbocycles. The Bertz CT molecular complexity index is 1980. The van der Waals surface area contributed by atoms with E-state index < -0.39 is 23.5 Å². The highest BCUT2D eigenvalue weighted by molar-refractivity contribution is 5.83. The molecule has 0 unspecified atom stereocenters. The molecule has 0 bridgehead atoms. The molecule has 0 saturated heterocycles. The molecule has 6 aromatic rings. The summed E-state index contributed by atoms with van der Waals surface area (Å²) in [5.74, 6) is 0. The van der Waals surface area contributed by atoms with Gasteiger partial charge in [-0.1, -0.05) is 59.7 Å². The Balaban J connectivity index is 1.40. The van der Waals surface area contributed by atoms with Crippen LogP contribution in [0.2, 0.25) is 0 Å². The summed E-state index contributed by atoms with van der Waals surface area (Å²) in [6.07, 6.45) is -8.98. The third-order valence-corrected chi connectivity index (χ3v) is 8.66. The molecule has 6 rings (SSSR count). The molecular formula is C42H34F6N2. The maximum Gasteiger partial charge on any atom is 0.416 e. The molecule has 0 aliphatic heterocycles. The fourth-order valence-corrected chi connectivity index (χ4v) is 6.06. The monoisotopic (exact) mass is 680 g/mol. The molecule has 6 aromatic carbocycles. The van der Waals surface area contributed by atoms with Gasteiger partial charge in [-0.05, 0) is 135 Å². The van der Waals surface area contributed by atoms with Crippen molar-refractivity contribution in [3.05, 3.63) is 167 Å². The van der Waals surface area contributed by atoms with Crippen molar-refractivity contribution in [2.45, 2.75) is 40.0 Å². The van der Waals surface area contributed by atoms with Gasteiger partial charge in [0.2, 0.25) is 0 Å². The molecule has 254 valence electrons. The second-order valence-corrected chi connectivity index (χ2v) is 12.4. The Morgan fingerprint density at radius 3 is 1.06 bits per heavy atom. The highest BCUT2D eigenvalue weighted by Crippen LogP contribution is 2.43. The first-order valence-corrected chi connectivity index (χ1v) is 16.0. The van der Waals surface area contributed by atoms with E-state index >= 15 is 0 Å². The molecular weight excluding hydrogens is 646 g/mol. The van der Waals surface area contributed by atoms with Gasteiger partial charge in [0, 0.05) is 34.1 Å². The summed E-state index contributed by atoms with van der Waals surface area (Å²) in [7, 11) is 0. The van der Waals surface area contributed by atoms with E-state index in [1.165, 1.54) is 12.1 Å². The zero-order valence-corrected chi connectivity index (χ0v) is 27.9. The van der Waals surface area contributed by atoms with Crippen LogP contribution in [0.3, 0.4) is 0 Å². The van der Waals surface area contributed by atoms with Crippen LogP contribution >= 0.6 is 0 Å². The minimum atomic E-state index is -4.49. The molecule has 0 aliphatic rings. The van der Waals surface area contributed by atoms with Crippen LogP contribution in [-0.2, 0) is 12.4 Å². The molecule has 0 N–H and O–H groups in total. The average molecular weight is 681 g/mol. The summed E-state index contributed by atoms with van der Waals surface area (Å²) in [6, 6.07) is 37.4. The van der Waals surface area contributed by atoms with Crippen LogP contribution in [0.5, 0.6) is 0 Å². The predicted octanol–water partition coefficient (Wildman–Crippen LogP) is 13.6. The van der Waals surface area contributed by atoms with E-state index in [0.717, 1.165) is 80.4 Å². The standard InChI is InChI=1S/C42H34F6N2/c1-27-11-17-35(18-12-27)49(37-9-5-7-33(25-37)41(43,44)45)39-21-15-31(23-29(39)3)32-16-22-40(30(4)24-32)50(36-19-13-28(2)14-20-36)38-10-6-8-34(26-38)42(46,47)48/h5-26H,1-4H3. The van der Waals surface area contributed by atoms with Gasteiger partial charge in [0.25, 0.3) is 0 Å². The van der Waals surface area contributed by atoms with Gasteiger partial charge in [-0.25, -0.2) is 0 Å². The predicted molar refractivity (Wildman–Crippen MR) is 190 cm³/mol. The van der Waals surface area contributed by atoms with Gasteiger partial charge in [0.05, 0.1) is 11.1 Å². The van der Waals surface area contributed by atoms with E-state index in [0.29, 0.717) is 11.4 Å². The van der Waals surface area contributed by atoms with Crippen LogP contribution in [-0.4, -0.2) is 0 Å². The van der Waals surface area contributed by atoms with Crippen LogP contribution in [0.1, 0.15) is 33.4 Å². The van der Waals surface area contributed by atoms with Crippen LogP contribution in [0.4, 0.5) is 60.5 Å². The highest BCUT2D eigenvalue weighted by Gasteiger charge is 2.32. The quantitative estimate of drug-likeness (QED) is 0.155. The number of rotatable bonds is 7. The Hall–Kier alpha value is -5.50. The zero-order valence-electron chi connectivity index (χ0n) is 27.9. The first-order chi connectivity index (χ1) is 23.7. The minimum Gasteiger partial charge on any atom is -0.310 e. The highest BCUT2D eigenvalue weighted by atomic mass is 19.4. The smallest absolute Gasteiger partial charge is 0.310 e. The van der Waals surface area contributed by atoms with Crippen molar-refractivity contribution in [3.63, 3.8) is 0 Å². The van der Waals surface area contributed by atoms with Crippen molar-refractivity contribution >= 4 is 34.1 Å². The maximum absolute atomic E-state index is 13.7. The van der Waals surface area contributed by atoms with Gasteiger partial charge >= 0.3 is 12.4 Å². The summed E-state index contributed by atoms with van der Waals surface area (Å²) in [4.78, 5) is 3.63. The number of nitrogens with zero attached hydrogens (tertiary/aromatic N) is 2. The third-order valence-electron chi connectivity index (χ3n) is 8.66. The molecule has 0 aromatic heterocycles. The van der Waals surface area contributed by atoms with Crippen LogP contribution in [0, 0.1) is 27.7 Å². The Morgan fingerprint density at radius 2 is 0.740 bits per heavy atom. The van der Waals surface area contributed by atoms with Crippen molar-refractivity contribution in [1.82, 2.24) is 0 Å². The van der Waals surface area contributed by atoms with E-state index in [1.807, 2.05) is 122 Å². The number of anilines is 6. The third kappa shape index (κ3) is 7.25. The van der Waals surface area contributed by atoms with E-state index in [4.69, 9.17) is 0 Å². The molecule has 2 nitrogen and oxygen atoms in total. The maximum atomic E-state index is 13.7. The fraction of sp³-hybridized carbons (Fsp3) is 0.143. The molecule has 0 amide bonds. The van der Waals surface area contributed by atoms with E-state index in [1.54, 1.807) is 12.1 Å². The van der Waals surface area contributed by atoms with Gasteiger partial charge in [-0.3, -0.25) is 0 Å². The number of halogens is 6. The normalized spacial score (nSPS) is 11.8. The summed E-state index contributed by atoms with van der Waals surface area (Å²) < 4.78 is 82.4. The topological polar surface area (TPSA) is 6.48 Å². The van der Waals surface area contributed by atoms with Crippen molar-refractivity contribution in [3.8, 4) is 11.1 Å². The zero-order chi connectivity index (χ0) is 35.8. The first-order valence-electron chi connectivity index (χ1n) is 16.0. The molecule has 0 heterocycles. The second kappa shape index (κ2) is 13.4. The lowest BCUT2D eigenvalue weighted by Gasteiger charge is -2.29. The molecule has 8 heteroatoms. The number of alkyl halides is 6. The second-order valence-electron chi connectivity index (χ2n) is 12.4. The lowest BCUT2D eigenvalue weighted by atomic mass is 9.98. The molecule has 0 spiro atoms. The number of hydrogen-bond acceptors (Lipinski definition) is 2. The SMILES string of the molecule is Cc1ccc(N(c2cccc(C(F)(F)F)c2)c2ccc(-c3ccc(N(c4ccc(C)cc4)c4cccc(C(F)(F)F)c4)c(C)c3)cc2C)cc1. The largest absolute Gasteiger partial charge is 0.416 e. The Morgan fingerprint density at radius 1 is 0.380 bits per heavy atom. The van der Waals surface area contributed by atoms with E-state index in [9.17, 15) is 26.3 Å². The summed E-state index contributed by atoms with van der Waals surface area (Å²) in [6.45, 7) is 7.74. The average Bonchev–Trinajstić information content (AvgIpc) is 3.07. The first kappa shape index (κ1) is 34.4. The lowest BCUT2D eigenvalue weighted by molar-refractivity contribution is -0.138. The summed E-state index contributed by atoms with van der Waals surface area (Å²) in [5, 5.41) is 0. The van der Waals surface area contributed by atoms with Crippen molar-refractivity contribution in [2.75, 3.05) is 9.80 Å². The number of benzene rings is 6. The van der Waals surface area contributed by atoms with E-state index in [2.05, 4.69) is 0 Å². The molecule has 0 atom stereocenters. The van der Waals surface area contributed by atoms with Gasteiger partial charge in [0.15, 0.2) is 0 Å². The number of hydrogen-bond donors (Lipinski definition) is 0. The summed E-state index contributed by atoms with van der Waals surface area (Å²) >= 11 is 0. The van der Waals surface area contributed by atoms with Gasteiger partial charge < -0.3 is 9.80 Å². The molecule has 0 radical (unpaired) electrons. The van der Waals surface area contributed by atoms with Crippen molar-refractivity contribution < 1.29 is 26.3 Å². The van der Waals surface area contributed by atoms with Gasteiger partial charge in [-0.15, -0.1) is 0 Å². The van der Waals surface area contributed by atoms with Crippen LogP contribution in [0.15, 0.2) is 133 Å². The fourth-order valence-electron chi connectivity index (χ4n) is 6.06. The van der Waals surface area contributed by atoms with Gasteiger partial charge in [-0.2, -0.15) is 26.3 Å². The van der Waals surface area contributed by atoms with Crippen molar-refractivity contribution in [1.29, 1.82) is 0 Å². The molecule has 0 fully saturated rings.